The Labute approximate surface area is 232 Å². The Morgan fingerprint density at radius 2 is 1.71 bits per heavy atom. The van der Waals surface area contributed by atoms with E-state index in [0.29, 0.717) is 30.4 Å². The number of hydrogen-bond donors (Lipinski definition) is 1. The molecule has 5 rings (SSSR count). The number of fused-ring (bicyclic) bond motifs is 1. The zero-order valence-corrected chi connectivity index (χ0v) is 22.8. The van der Waals surface area contributed by atoms with Gasteiger partial charge in [0.05, 0.1) is 6.54 Å². The maximum atomic E-state index is 12.9. The van der Waals surface area contributed by atoms with Gasteiger partial charge in [0, 0.05) is 29.5 Å². The Morgan fingerprint density at radius 1 is 0.974 bits per heavy atom. The van der Waals surface area contributed by atoms with Gasteiger partial charge in [-0.2, -0.15) is 0 Å². The van der Waals surface area contributed by atoms with Crippen LogP contribution in [0.4, 0.5) is 0 Å². The van der Waals surface area contributed by atoms with Gasteiger partial charge in [-0.1, -0.05) is 60.1 Å². The molecule has 0 saturated heterocycles. The lowest BCUT2D eigenvalue weighted by atomic mass is 10.1. The third kappa shape index (κ3) is 7.13. The molecule has 0 fully saturated rings. The Hall–Kier alpha value is -3.39. The highest BCUT2D eigenvalue weighted by molar-refractivity contribution is 7.09. The summed E-state index contributed by atoms with van der Waals surface area (Å²) in [6.45, 7) is 4.30. The topological polar surface area (TPSA) is 63.7 Å². The van der Waals surface area contributed by atoms with Gasteiger partial charge in [-0.25, -0.2) is 4.98 Å². The molecule has 1 N–H and O–H groups in total. The van der Waals surface area contributed by atoms with Crippen LogP contribution in [0.15, 0.2) is 78.2 Å². The smallest absolute Gasteiger partial charge is 0.270 e. The first-order chi connectivity index (χ1) is 18.5. The number of thiazole rings is 1. The molecule has 1 aromatic heterocycles. The van der Waals surface area contributed by atoms with E-state index in [0.717, 1.165) is 40.5 Å². The number of ether oxygens (including phenoxy) is 2. The van der Waals surface area contributed by atoms with Gasteiger partial charge in [-0.05, 0) is 60.7 Å². The van der Waals surface area contributed by atoms with Gasteiger partial charge < -0.3 is 14.8 Å². The number of nitrogens with zero attached hydrogens (tertiary/aromatic N) is 2. The van der Waals surface area contributed by atoms with Crippen LogP contribution in [0.25, 0.3) is 0 Å². The van der Waals surface area contributed by atoms with E-state index >= 15 is 0 Å². The average Bonchev–Trinajstić information content (AvgIpc) is 3.59. The van der Waals surface area contributed by atoms with Crippen molar-refractivity contribution in [1.82, 2.24) is 15.2 Å². The van der Waals surface area contributed by atoms with E-state index < -0.39 is 0 Å². The summed E-state index contributed by atoms with van der Waals surface area (Å²) >= 11 is 7.60. The van der Waals surface area contributed by atoms with Crippen molar-refractivity contribution in [3.8, 4) is 11.5 Å². The van der Waals surface area contributed by atoms with E-state index in [1.807, 2.05) is 66.9 Å². The van der Waals surface area contributed by atoms with Crippen molar-refractivity contribution in [3.05, 3.63) is 111 Å². The third-order valence-electron chi connectivity index (χ3n) is 6.39. The van der Waals surface area contributed by atoms with Crippen LogP contribution in [0.2, 0.25) is 5.02 Å². The van der Waals surface area contributed by atoms with Gasteiger partial charge in [0.15, 0.2) is 11.5 Å². The van der Waals surface area contributed by atoms with Crippen molar-refractivity contribution in [3.63, 3.8) is 0 Å². The predicted octanol–water partition coefficient (Wildman–Crippen LogP) is 6.48. The zero-order valence-electron chi connectivity index (χ0n) is 21.2. The fourth-order valence-electron chi connectivity index (χ4n) is 4.39. The molecule has 2 heterocycles. The molecular formula is C30H30ClN3O3S. The molecule has 1 atom stereocenters. The Bertz CT molecular complexity index is 1360. The number of amides is 1. The highest BCUT2D eigenvalue weighted by Gasteiger charge is 2.18. The van der Waals surface area contributed by atoms with Crippen molar-refractivity contribution < 1.29 is 14.3 Å². The SMILES string of the molecule is CC(CCc1ccccc1)NC(=O)c1csc(CN(Cc2ccc(Cl)cc2)Cc2ccc3c(c2)OCO3)n1. The molecule has 0 bridgehead atoms. The first kappa shape index (κ1) is 26.2. The molecule has 0 aliphatic carbocycles. The normalized spacial score (nSPS) is 13.0. The molecule has 38 heavy (non-hydrogen) atoms. The number of aromatic nitrogens is 1. The lowest BCUT2D eigenvalue weighted by Gasteiger charge is -2.22. The van der Waals surface area contributed by atoms with E-state index in [9.17, 15) is 4.79 Å². The van der Waals surface area contributed by atoms with Crippen LogP contribution in [0.5, 0.6) is 11.5 Å². The maximum Gasteiger partial charge on any atom is 0.270 e. The quantitative estimate of drug-likeness (QED) is 0.233. The Balaban J connectivity index is 1.23. The van der Waals surface area contributed by atoms with Crippen molar-refractivity contribution in [2.24, 2.45) is 0 Å². The number of rotatable bonds is 11. The second kappa shape index (κ2) is 12.4. The van der Waals surface area contributed by atoms with E-state index in [1.165, 1.54) is 16.9 Å². The summed E-state index contributed by atoms with van der Waals surface area (Å²) in [6, 6.07) is 24.3. The summed E-state index contributed by atoms with van der Waals surface area (Å²) in [6.07, 6.45) is 1.79. The summed E-state index contributed by atoms with van der Waals surface area (Å²) in [7, 11) is 0. The Morgan fingerprint density at radius 3 is 2.53 bits per heavy atom. The number of carbonyl (C=O) groups is 1. The van der Waals surface area contributed by atoms with Crippen LogP contribution in [-0.4, -0.2) is 28.6 Å². The van der Waals surface area contributed by atoms with Gasteiger partial charge in [0.25, 0.3) is 5.91 Å². The molecule has 1 aliphatic heterocycles. The van der Waals surface area contributed by atoms with Gasteiger partial charge in [0.1, 0.15) is 10.7 Å². The monoisotopic (exact) mass is 547 g/mol. The molecule has 0 saturated carbocycles. The van der Waals surface area contributed by atoms with Crippen molar-refractivity contribution in [2.75, 3.05) is 6.79 Å². The summed E-state index contributed by atoms with van der Waals surface area (Å²) in [4.78, 5) is 19.8. The molecule has 196 valence electrons. The fourth-order valence-corrected chi connectivity index (χ4v) is 5.33. The molecule has 4 aromatic rings. The molecule has 1 amide bonds. The van der Waals surface area contributed by atoms with E-state index in [1.54, 1.807) is 0 Å². The van der Waals surface area contributed by atoms with Crippen LogP contribution >= 0.6 is 22.9 Å². The van der Waals surface area contributed by atoms with Crippen LogP contribution in [-0.2, 0) is 26.1 Å². The molecule has 8 heteroatoms. The minimum absolute atomic E-state index is 0.0558. The van der Waals surface area contributed by atoms with E-state index in [4.69, 9.17) is 21.1 Å². The van der Waals surface area contributed by atoms with Crippen LogP contribution < -0.4 is 14.8 Å². The van der Waals surface area contributed by atoms with Crippen LogP contribution in [0.1, 0.15) is 45.5 Å². The van der Waals surface area contributed by atoms with Crippen molar-refractivity contribution >= 4 is 28.8 Å². The summed E-state index contributed by atoms with van der Waals surface area (Å²) < 4.78 is 11.0. The first-order valence-corrected chi connectivity index (χ1v) is 13.9. The molecular weight excluding hydrogens is 518 g/mol. The molecule has 1 unspecified atom stereocenters. The standard InChI is InChI=1S/C30H30ClN3O3S/c1-21(7-8-22-5-3-2-4-6-22)32-30(35)26-19-38-29(33-26)18-34(16-23-9-12-25(31)13-10-23)17-24-11-14-27-28(15-24)37-20-36-27/h2-6,9-15,19,21H,7-8,16-18,20H2,1H3,(H,32,35). The Kier molecular flexibility index (Phi) is 8.58. The van der Waals surface area contributed by atoms with Crippen LogP contribution in [0, 0.1) is 0 Å². The number of hydrogen-bond acceptors (Lipinski definition) is 6. The second-order valence-corrected chi connectivity index (χ2v) is 10.9. The lowest BCUT2D eigenvalue weighted by Crippen LogP contribution is -2.33. The first-order valence-electron chi connectivity index (χ1n) is 12.7. The number of nitrogens with one attached hydrogen (secondary N) is 1. The predicted molar refractivity (Wildman–Crippen MR) is 151 cm³/mol. The van der Waals surface area contributed by atoms with Gasteiger partial charge in [-0.3, -0.25) is 9.69 Å². The van der Waals surface area contributed by atoms with Gasteiger partial charge in [-0.15, -0.1) is 11.3 Å². The van der Waals surface area contributed by atoms with E-state index in [-0.39, 0.29) is 18.7 Å². The molecule has 0 spiro atoms. The minimum atomic E-state index is -0.131. The maximum absolute atomic E-state index is 12.9. The lowest BCUT2D eigenvalue weighted by molar-refractivity contribution is 0.0933. The zero-order chi connectivity index (χ0) is 26.3. The third-order valence-corrected chi connectivity index (χ3v) is 7.48. The molecule has 0 radical (unpaired) electrons. The summed E-state index contributed by atoms with van der Waals surface area (Å²) in [5.74, 6) is 1.41. The van der Waals surface area contributed by atoms with Gasteiger partial charge in [0.2, 0.25) is 6.79 Å². The highest BCUT2D eigenvalue weighted by atomic mass is 35.5. The molecule has 1 aliphatic rings. The molecule has 3 aromatic carbocycles. The minimum Gasteiger partial charge on any atom is -0.454 e. The number of carbonyl (C=O) groups excluding carboxylic acids is 1. The van der Waals surface area contributed by atoms with Crippen LogP contribution in [0.3, 0.4) is 0 Å². The second-order valence-electron chi connectivity index (χ2n) is 9.48. The number of halogens is 1. The summed E-state index contributed by atoms with van der Waals surface area (Å²) in [5, 5.41) is 6.54. The van der Waals surface area contributed by atoms with Crippen molar-refractivity contribution in [2.45, 2.75) is 45.4 Å². The highest BCUT2D eigenvalue weighted by Crippen LogP contribution is 2.33. The van der Waals surface area contributed by atoms with Gasteiger partial charge >= 0.3 is 0 Å². The fraction of sp³-hybridized carbons (Fsp3) is 0.267. The molecule has 6 nitrogen and oxygen atoms in total. The number of benzene rings is 3. The summed E-state index contributed by atoms with van der Waals surface area (Å²) in [5.41, 5.74) is 4.00. The average molecular weight is 548 g/mol. The van der Waals surface area contributed by atoms with E-state index in [2.05, 4.69) is 33.4 Å². The number of aryl methyl sites for hydroxylation is 1. The van der Waals surface area contributed by atoms with Crippen molar-refractivity contribution in [1.29, 1.82) is 0 Å². The largest absolute Gasteiger partial charge is 0.454 e.